The van der Waals surface area contributed by atoms with Crippen molar-refractivity contribution in [2.75, 3.05) is 37.7 Å². The Labute approximate surface area is 170 Å². The third kappa shape index (κ3) is 4.68. The van der Waals surface area contributed by atoms with Crippen LogP contribution in [0.4, 0.5) is 5.82 Å². The van der Waals surface area contributed by atoms with Gasteiger partial charge in [-0.15, -0.1) is 10.2 Å². The second kappa shape index (κ2) is 8.68. The van der Waals surface area contributed by atoms with Gasteiger partial charge in [0.25, 0.3) is 5.91 Å². The van der Waals surface area contributed by atoms with Crippen molar-refractivity contribution in [2.45, 2.75) is 6.92 Å². The fourth-order valence-electron chi connectivity index (χ4n) is 3.23. The summed E-state index contributed by atoms with van der Waals surface area (Å²) in [5, 5.41) is 8.69. The first-order valence-electron chi connectivity index (χ1n) is 9.65. The van der Waals surface area contributed by atoms with Gasteiger partial charge in [0.15, 0.2) is 12.4 Å². The van der Waals surface area contributed by atoms with Crippen LogP contribution in [-0.2, 0) is 4.79 Å². The van der Waals surface area contributed by atoms with Crippen molar-refractivity contribution in [2.24, 2.45) is 0 Å². The molecule has 1 amide bonds. The highest BCUT2D eigenvalue weighted by Crippen LogP contribution is 2.19. The lowest BCUT2D eigenvalue weighted by Crippen LogP contribution is -2.50. The molecule has 1 aliphatic rings. The van der Waals surface area contributed by atoms with E-state index in [1.807, 2.05) is 60.4 Å². The van der Waals surface area contributed by atoms with Crippen LogP contribution in [0.1, 0.15) is 5.56 Å². The molecule has 1 saturated heterocycles. The molecule has 0 unspecified atom stereocenters. The Morgan fingerprint density at radius 3 is 2.31 bits per heavy atom. The van der Waals surface area contributed by atoms with E-state index in [9.17, 15) is 4.79 Å². The normalized spacial score (nSPS) is 14.0. The van der Waals surface area contributed by atoms with Crippen molar-refractivity contribution in [3.63, 3.8) is 0 Å². The number of ether oxygens (including phenoxy) is 1. The van der Waals surface area contributed by atoms with Crippen LogP contribution in [0, 0.1) is 6.92 Å². The summed E-state index contributed by atoms with van der Waals surface area (Å²) in [4.78, 5) is 20.4. The smallest absolute Gasteiger partial charge is 0.260 e. The number of carbonyl (C=O) groups is 1. The van der Waals surface area contributed by atoms with E-state index in [2.05, 4.69) is 20.1 Å². The number of aryl methyl sites for hydroxylation is 1. The molecule has 7 heteroatoms. The average Bonchev–Trinajstić information content (AvgIpc) is 2.79. The lowest BCUT2D eigenvalue weighted by molar-refractivity contribution is -0.133. The number of rotatable bonds is 5. The summed E-state index contributed by atoms with van der Waals surface area (Å²) in [5.74, 6) is 1.54. The van der Waals surface area contributed by atoms with Crippen LogP contribution in [0.15, 0.2) is 60.9 Å². The predicted molar refractivity (Wildman–Crippen MR) is 111 cm³/mol. The van der Waals surface area contributed by atoms with E-state index in [0.29, 0.717) is 18.8 Å². The molecule has 2 aromatic heterocycles. The van der Waals surface area contributed by atoms with Crippen molar-refractivity contribution >= 4 is 11.7 Å². The summed E-state index contributed by atoms with van der Waals surface area (Å²) in [5.41, 5.74) is 2.97. The summed E-state index contributed by atoms with van der Waals surface area (Å²) in [6, 6.07) is 15.5. The minimum absolute atomic E-state index is 0.00402. The topological polar surface area (TPSA) is 71.5 Å². The minimum atomic E-state index is 0.00402. The van der Waals surface area contributed by atoms with Gasteiger partial charge in [-0.2, -0.15) is 0 Å². The maximum atomic E-state index is 12.4. The molecule has 148 valence electrons. The molecule has 0 N–H and O–H groups in total. The van der Waals surface area contributed by atoms with Crippen LogP contribution in [0.25, 0.3) is 11.3 Å². The zero-order chi connectivity index (χ0) is 20.1. The van der Waals surface area contributed by atoms with Crippen LogP contribution in [-0.4, -0.2) is 58.8 Å². The minimum Gasteiger partial charge on any atom is -0.484 e. The number of hydrogen-bond donors (Lipinski definition) is 0. The lowest BCUT2D eigenvalue weighted by atomic mass is 10.2. The standard InChI is InChI=1S/C22H23N5O2/c1-17-2-4-19(5-3-17)29-16-22(28)27-14-12-26(13-15-27)21-7-6-20(24-25-21)18-8-10-23-11-9-18/h2-11H,12-16H2,1H3. The maximum Gasteiger partial charge on any atom is 0.260 e. The molecule has 7 nitrogen and oxygen atoms in total. The highest BCUT2D eigenvalue weighted by Gasteiger charge is 2.22. The molecule has 1 aliphatic heterocycles. The second-order valence-electron chi connectivity index (χ2n) is 6.98. The van der Waals surface area contributed by atoms with Crippen molar-refractivity contribution in [3.05, 3.63) is 66.5 Å². The number of anilines is 1. The fraction of sp³-hybridized carbons (Fsp3) is 0.273. The van der Waals surface area contributed by atoms with Crippen molar-refractivity contribution in [1.29, 1.82) is 0 Å². The van der Waals surface area contributed by atoms with Crippen LogP contribution in [0.2, 0.25) is 0 Å². The highest BCUT2D eigenvalue weighted by molar-refractivity contribution is 5.78. The maximum absolute atomic E-state index is 12.4. The molecular formula is C22H23N5O2. The fourth-order valence-corrected chi connectivity index (χ4v) is 3.23. The largest absolute Gasteiger partial charge is 0.484 e. The number of amides is 1. The molecule has 0 radical (unpaired) electrons. The summed E-state index contributed by atoms with van der Waals surface area (Å²) >= 11 is 0. The van der Waals surface area contributed by atoms with Crippen LogP contribution < -0.4 is 9.64 Å². The van der Waals surface area contributed by atoms with E-state index in [4.69, 9.17) is 4.74 Å². The molecule has 0 saturated carbocycles. The molecule has 4 rings (SSSR count). The Morgan fingerprint density at radius 2 is 1.66 bits per heavy atom. The first-order valence-corrected chi connectivity index (χ1v) is 9.65. The van der Waals surface area contributed by atoms with Gasteiger partial charge in [-0.3, -0.25) is 9.78 Å². The van der Waals surface area contributed by atoms with Gasteiger partial charge in [-0.1, -0.05) is 17.7 Å². The van der Waals surface area contributed by atoms with E-state index in [1.54, 1.807) is 12.4 Å². The third-order valence-electron chi connectivity index (χ3n) is 4.97. The van der Waals surface area contributed by atoms with E-state index in [0.717, 1.165) is 35.7 Å². The van der Waals surface area contributed by atoms with Crippen LogP contribution in [0.5, 0.6) is 5.75 Å². The number of piperazine rings is 1. The summed E-state index contributed by atoms with van der Waals surface area (Å²) < 4.78 is 5.61. The molecule has 3 aromatic rings. The molecule has 0 atom stereocenters. The van der Waals surface area contributed by atoms with Crippen LogP contribution in [0.3, 0.4) is 0 Å². The molecule has 0 aliphatic carbocycles. The Balaban J connectivity index is 1.28. The molecule has 3 heterocycles. The first kappa shape index (κ1) is 18.9. The van der Waals surface area contributed by atoms with E-state index in [1.165, 1.54) is 0 Å². The number of benzene rings is 1. The second-order valence-corrected chi connectivity index (χ2v) is 6.98. The molecular weight excluding hydrogens is 366 g/mol. The number of aromatic nitrogens is 3. The zero-order valence-electron chi connectivity index (χ0n) is 16.4. The summed E-state index contributed by atoms with van der Waals surface area (Å²) in [6.45, 7) is 4.81. The Bertz CT molecular complexity index is 937. The van der Waals surface area contributed by atoms with Crippen molar-refractivity contribution < 1.29 is 9.53 Å². The van der Waals surface area contributed by atoms with Gasteiger partial charge in [-0.25, -0.2) is 0 Å². The Morgan fingerprint density at radius 1 is 0.931 bits per heavy atom. The number of nitrogens with zero attached hydrogens (tertiary/aromatic N) is 5. The number of pyridine rings is 1. The molecule has 0 bridgehead atoms. The van der Waals surface area contributed by atoms with Gasteiger partial charge in [-0.05, 0) is 43.3 Å². The van der Waals surface area contributed by atoms with Gasteiger partial charge in [0.05, 0.1) is 5.69 Å². The summed E-state index contributed by atoms with van der Waals surface area (Å²) in [7, 11) is 0. The highest BCUT2D eigenvalue weighted by atomic mass is 16.5. The Kier molecular flexibility index (Phi) is 5.65. The van der Waals surface area contributed by atoms with Gasteiger partial charge >= 0.3 is 0 Å². The third-order valence-corrected chi connectivity index (χ3v) is 4.97. The van der Waals surface area contributed by atoms with Crippen LogP contribution >= 0.6 is 0 Å². The van der Waals surface area contributed by atoms with Gasteiger partial charge in [0.2, 0.25) is 0 Å². The van der Waals surface area contributed by atoms with E-state index in [-0.39, 0.29) is 12.5 Å². The van der Waals surface area contributed by atoms with Crippen molar-refractivity contribution in [1.82, 2.24) is 20.1 Å². The molecule has 29 heavy (non-hydrogen) atoms. The zero-order valence-corrected chi connectivity index (χ0v) is 16.4. The van der Waals surface area contributed by atoms with Crippen molar-refractivity contribution in [3.8, 4) is 17.0 Å². The van der Waals surface area contributed by atoms with E-state index < -0.39 is 0 Å². The number of hydrogen-bond acceptors (Lipinski definition) is 6. The van der Waals surface area contributed by atoms with Gasteiger partial charge < -0.3 is 14.5 Å². The van der Waals surface area contributed by atoms with E-state index >= 15 is 0 Å². The molecule has 0 spiro atoms. The Hall–Kier alpha value is -3.48. The van der Waals surface area contributed by atoms with Gasteiger partial charge in [0, 0.05) is 44.1 Å². The molecule has 1 fully saturated rings. The first-order chi connectivity index (χ1) is 14.2. The average molecular weight is 389 g/mol. The molecule has 1 aromatic carbocycles. The monoisotopic (exact) mass is 389 g/mol. The quantitative estimate of drug-likeness (QED) is 0.668. The lowest BCUT2D eigenvalue weighted by Gasteiger charge is -2.35. The predicted octanol–water partition coefficient (Wildman–Crippen LogP) is 2.57. The number of carbonyl (C=O) groups excluding carboxylic acids is 1. The summed E-state index contributed by atoms with van der Waals surface area (Å²) in [6.07, 6.45) is 3.48. The van der Waals surface area contributed by atoms with Gasteiger partial charge in [0.1, 0.15) is 5.75 Å². The SMILES string of the molecule is Cc1ccc(OCC(=O)N2CCN(c3ccc(-c4ccncc4)nn3)CC2)cc1.